The van der Waals surface area contributed by atoms with E-state index >= 15 is 4.39 Å². The fourth-order valence-electron chi connectivity index (χ4n) is 4.63. The second-order valence-electron chi connectivity index (χ2n) is 9.02. The standard InChI is InChI=1S/C24H25FN6O5/c1-14-13-36-23-20-15(11-17(25)21(23)29-9-7-28(2)8-10-29)22(32)16(12-30(14)20)24(33)27-26-18-5-3-4-6-19(18)31(34)35/h3-6,11-12,14,26H,7-10,13H2,1-2H3,(H,27,33). The van der Waals surface area contributed by atoms with Gasteiger partial charge in [-0.25, -0.2) is 4.39 Å². The van der Waals surface area contributed by atoms with Crippen LogP contribution in [-0.4, -0.2) is 60.1 Å². The molecule has 0 saturated carbocycles. The Labute approximate surface area is 205 Å². The molecule has 0 spiro atoms. The van der Waals surface area contributed by atoms with Crippen LogP contribution in [0, 0.1) is 15.9 Å². The highest BCUT2D eigenvalue weighted by atomic mass is 19.1. The topological polar surface area (TPSA) is 122 Å². The number of anilines is 2. The number of rotatable bonds is 5. The van der Waals surface area contributed by atoms with Crippen molar-refractivity contribution in [1.29, 1.82) is 0 Å². The third-order valence-electron chi connectivity index (χ3n) is 6.62. The second-order valence-corrected chi connectivity index (χ2v) is 9.02. The maximum atomic E-state index is 15.4. The zero-order valence-corrected chi connectivity index (χ0v) is 19.8. The summed E-state index contributed by atoms with van der Waals surface area (Å²) in [5.41, 5.74) is 4.57. The van der Waals surface area contributed by atoms with E-state index in [1.54, 1.807) is 10.6 Å². The molecule has 2 aliphatic heterocycles. The number of pyridine rings is 1. The van der Waals surface area contributed by atoms with Crippen molar-refractivity contribution in [2.45, 2.75) is 13.0 Å². The third-order valence-corrected chi connectivity index (χ3v) is 6.62. The molecular weight excluding hydrogens is 471 g/mol. The molecule has 36 heavy (non-hydrogen) atoms. The van der Waals surface area contributed by atoms with Crippen molar-refractivity contribution in [3.05, 3.63) is 68.2 Å². The van der Waals surface area contributed by atoms with Crippen LogP contribution in [0.4, 0.5) is 21.5 Å². The van der Waals surface area contributed by atoms with Crippen LogP contribution in [0.5, 0.6) is 5.75 Å². The number of halogens is 1. The number of nitro groups is 1. The number of hydrogen-bond donors (Lipinski definition) is 2. The molecule has 0 radical (unpaired) electrons. The molecule has 1 atom stereocenters. The Balaban J connectivity index is 1.55. The van der Waals surface area contributed by atoms with Gasteiger partial charge in [-0.15, -0.1) is 0 Å². The van der Waals surface area contributed by atoms with Crippen molar-refractivity contribution in [2.75, 3.05) is 50.2 Å². The van der Waals surface area contributed by atoms with Gasteiger partial charge in [0.2, 0.25) is 5.43 Å². The van der Waals surface area contributed by atoms with Crippen molar-refractivity contribution in [1.82, 2.24) is 14.9 Å². The van der Waals surface area contributed by atoms with Gasteiger partial charge in [-0.1, -0.05) is 12.1 Å². The molecule has 2 aliphatic rings. The maximum Gasteiger partial charge on any atom is 0.294 e. The minimum absolute atomic E-state index is 0.0327. The van der Waals surface area contributed by atoms with Crippen LogP contribution in [0.2, 0.25) is 0 Å². The van der Waals surface area contributed by atoms with Crippen LogP contribution in [0.1, 0.15) is 23.3 Å². The summed E-state index contributed by atoms with van der Waals surface area (Å²) < 4.78 is 23.2. The molecular formula is C24H25FN6O5. The summed E-state index contributed by atoms with van der Waals surface area (Å²) in [6.45, 7) is 4.89. The number of likely N-dealkylation sites (N-methyl/N-ethyl adjacent to an activating group) is 1. The Kier molecular flexibility index (Phi) is 5.96. The summed E-state index contributed by atoms with van der Waals surface area (Å²) in [6.07, 6.45) is 1.43. The van der Waals surface area contributed by atoms with Crippen molar-refractivity contribution < 1.29 is 18.8 Å². The lowest BCUT2D eigenvalue weighted by Crippen LogP contribution is -2.45. The van der Waals surface area contributed by atoms with Gasteiger partial charge in [0, 0.05) is 38.4 Å². The molecule has 1 aromatic heterocycles. The van der Waals surface area contributed by atoms with Gasteiger partial charge in [0.25, 0.3) is 11.6 Å². The van der Waals surface area contributed by atoms with Gasteiger partial charge < -0.3 is 19.1 Å². The van der Waals surface area contributed by atoms with Gasteiger partial charge >= 0.3 is 0 Å². The van der Waals surface area contributed by atoms with E-state index in [1.165, 1.54) is 30.5 Å². The number of nitro benzene ring substituents is 1. The van der Waals surface area contributed by atoms with E-state index < -0.39 is 22.1 Å². The normalized spacial score (nSPS) is 17.5. The first-order valence-corrected chi connectivity index (χ1v) is 11.5. The van der Waals surface area contributed by atoms with Crippen molar-refractivity contribution in [3.63, 3.8) is 0 Å². The summed E-state index contributed by atoms with van der Waals surface area (Å²) in [5, 5.41) is 11.3. The highest BCUT2D eigenvalue weighted by Gasteiger charge is 2.31. The van der Waals surface area contributed by atoms with Crippen LogP contribution >= 0.6 is 0 Å². The molecule has 0 aliphatic carbocycles. The number of benzene rings is 2. The van der Waals surface area contributed by atoms with Gasteiger partial charge in [0.1, 0.15) is 23.5 Å². The number of carbonyl (C=O) groups is 1. The summed E-state index contributed by atoms with van der Waals surface area (Å²) >= 11 is 0. The van der Waals surface area contributed by atoms with Crippen LogP contribution in [-0.2, 0) is 0 Å². The lowest BCUT2D eigenvalue weighted by atomic mass is 10.0. The van der Waals surface area contributed by atoms with E-state index in [2.05, 4.69) is 15.8 Å². The number of para-hydroxylation sites is 2. The van der Waals surface area contributed by atoms with Gasteiger partial charge in [-0.2, -0.15) is 0 Å². The predicted molar refractivity (Wildman–Crippen MR) is 132 cm³/mol. The zero-order chi connectivity index (χ0) is 25.6. The molecule has 2 N–H and O–H groups in total. The molecule has 1 amide bonds. The molecule has 11 nitrogen and oxygen atoms in total. The van der Waals surface area contributed by atoms with Crippen LogP contribution in [0.15, 0.2) is 41.3 Å². The molecule has 5 rings (SSSR count). The monoisotopic (exact) mass is 496 g/mol. The lowest BCUT2D eigenvalue weighted by molar-refractivity contribution is -0.384. The third kappa shape index (κ3) is 3.98. The minimum Gasteiger partial charge on any atom is -0.487 e. The summed E-state index contributed by atoms with van der Waals surface area (Å²) in [4.78, 5) is 41.0. The summed E-state index contributed by atoms with van der Waals surface area (Å²) in [5.74, 6) is -1.09. The molecule has 1 fully saturated rings. The highest BCUT2D eigenvalue weighted by Crippen LogP contribution is 2.42. The van der Waals surface area contributed by atoms with Crippen LogP contribution in [0.3, 0.4) is 0 Å². The SMILES string of the molecule is CC1COc2c(N3CCN(C)CC3)c(F)cc3c(=O)c(C(=O)NNc4ccccc4[N+](=O)[O-])cn1c23. The molecule has 3 heterocycles. The van der Waals surface area contributed by atoms with Crippen LogP contribution in [0.25, 0.3) is 10.9 Å². The number of amides is 1. The van der Waals surface area contributed by atoms with E-state index in [-0.39, 0.29) is 35.0 Å². The van der Waals surface area contributed by atoms with E-state index in [1.807, 2.05) is 18.9 Å². The average molecular weight is 496 g/mol. The second kappa shape index (κ2) is 9.11. The molecule has 1 unspecified atom stereocenters. The number of nitrogens with one attached hydrogen (secondary N) is 2. The van der Waals surface area contributed by atoms with Crippen molar-refractivity contribution >= 4 is 33.9 Å². The zero-order valence-electron chi connectivity index (χ0n) is 19.8. The van der Waals surface area contributed by atoms with Crippen molar-refractivity contribution in [2.24, 2.45) is 0 Å². The van der Waals surface area contributed by atoms with E-state index in [9.17, 15) is 19.7 Å². The quantitative estimate of drug-likeness (QED) is 0.408. The maximum absolute atomic E-state index is 15.4. The number of hydrogen-bond acceptors (Lipinski definition) is 8. The van der Waals surface area contributed by atoms with Crippen molar-refractivity contribution in [3.8, 4) is 5.75 Å². The van der Waals surface area contributed by atoms with Gasteiger partial charge in [0.15, 0.2) is 11.6 Å². The first kappa shape index (κ1) is 23.5. The number of ether oxygens (including phenoxy) is 1. The average Bonchev–Trinajstić information content (AvgIpc) is 2.86. The number of carbonyl (C=O) groups excluding carboxylic acids is 1. The van der Waals surface area contributed by atoms with E-state index in [4.69, 9.17) is 4.74 Å². The molecule has 0 bridgehead atoms. The Morgan fingerprint density at radius 1 is 1.22 bits per heavy atom. The fraction of sp³-hybridized carbons (Fsp3) is 0.333. The molecule has 12 heteroatoms. The largest absolute Gasteiger partial charge is 0.487 e. The lowest BCUT2D eigenvalue weighted by Gasteiger charge is -2.37. The minimum atomic E-state index is -0.799. The van der Waals surface area contributed by atoms with Gasteiger partial charge in [0.05, 0.1) is 21.9 Å². The molecule has 1 saturated heterocycles. The summed E-state index contributed by atoms with van der Waals surface area (Å²) in [7, 11) is 2.01. The molecule has 188 valence electrons. The summed E-state index contributed by atoms with van der Waals surface area (Å²) in [6, 6.07) is 6.72. The van der Waals surface area contributed by atoms with E-state index in [0.29, 0.717) is 30.0 Å². The molecule has 3 aromatic rings. The smallest absolute Gasteiger partial charge is 0.294 e. The number of piperazine rings is 1. The number of hydrazine groups is 1. The Morgan fingerprint density at radius 3 is 2.67 bits per heavy atom. The van der Waals surface area contributed by atoms with Gasteiger partial charge in [-0.05, 0) is 26.1 Å². The molecule has 2 aromatic carbocycles. The number of aromatic nitrogens is 1. The Bertz CT molecular complexity index is 1430. The fourth-order valence-corrected chi connectivity index (χ4v) is 4.63. The highest BCUT2D eigenvalue weighted by molar-refractivity contribution is 6.00. The van der Waals surface area contributed by atoms with E-state index in [0.717, 1.165) is 13.1 Å². The Morgan fingerprint density at radius 2 is 1.94 bits per heavy atom. The van der Waals surface area contributed by atoms with Crippen LogP contribution < -0.4 is 25.9 Å². The first-order valence-electron chi connectivity index (χ1n) is 11.5. The number of nitrogens with zero attached hydrogens (tertiary/aromatic N) is 4. The van der Waals surface area contributed by atoms with Gasteiger partial charge in [-0.3, -0.25) is 30.6 Å². The Hall–Kier alpha value is -4.19. The first-order chi connectivity index (χ1) is 17.3. The predicted octanol–water partition coefficient (Wildman–Crippen LogP) is 2.51.